The monoisotopic (exact) mass is 394 g/mol. The summed E-state index contributed by atoms with van der Waals surface area (Å²) in [6.07, 6.45) is 0. The predicted octanol–water partition coefficient (Wildman–Crippen LogP) is 5.11. The van der Waals surface area contributed by atoms with Crippen LogP contribution in [0, 0.1) is 6.92 Å². The number of benzene rings is 2. The van der Waals surface area contributed by atoms with Crippen LogP contribution in [0.15, 0.2) is 60.7 Å². The first kappa shape index (κ1) is 19.8. The molecule has 2 aromatic carbocycles. The van der Waals surface area contributed by atoms with Gasteiger partial charge in [-0.2, -0.15) is 0 Å². The molecule has 1 aromatic heterocycles. The highest BCUT2D eigenvalue weighted by atomic mass is 35.5. The van der Waals surface area contributed by atoms with Crippen LogP contribution in [0.5, 0.6) is 0 Å². The minimum Gasteiger partial charge on any atom is -0.350 e. The Hall–Kier alpha value is -2.92. The van der Waals surface area contributed by atoms with Crippen LogP contribution in [0.2, 0.25) is 5.02 Å². The Morgan fingerprint density at radius 3 is 2.43 bits per heavy atom. The highest BCUT2D eigenvalue weighted by Gasteiger charge is 2.18. The summed E-state index contributed by atoms with van der Waals surface area (Å²) in [6, 6.07) is 19.2. The Labute approximate surface area is 170 Å². The number of halogens is 1. The molecule has 0 saturated carbocycles. The van der Waals surface area contributed by atoms with E-state index < -0.39 is 0 Å². The minimum atomic E-state index is -0.316. The summed E-state index contributed by atoms with van der Waals surface area (Å²) in [5.74, 6) is 0.944. The summed E-state index contributed by atoms with van der Waals surface area (Å²) < 4.78 is 0. The molecule has 28 heavy (non-hydrogen) atoms. The normalized spacial score (nSPS) is 10.8. The van der Waals surface area contributed by atoms with E-state index >= 15 is 0 Å². The summed E-state index contributed by atoms with van der Waals surface area (Å²) in [6.45, 7) is 6.69. The van der Waals surface area contributed by atoms with Crippen molar-refractivity contribution in [3.63, 3.8) is 0 Å². The number of hydrogen-bond acceptors (Lipinski definition) is 4. The Bertz CT molecular complexity index is 960. The van der Waals surface area contributed by atoms with Gasteiger partial charge in [-0.1, -0.05) is 54.1 Å². The second-order valence-electron chi connectivity index (χ2n) is 6.80. The van der Waals surface area contributed by atoms with E-state index in [1.54, 1.807) is 25.1 Å². The van der Waals surface area contributed by atoms with Crippen LogP contribution in [0.25, 0.3) is 0 Å². The van der Waals surface area contributed by atoms with E-state index in [1.807, 2.05) is 30.3 Å². The fourth-order valence-corrected chi connectivity index (χ4v) is 3.06. The number of anilines is 2. The zero-order chi connectivity index (χ0) is 20.1. The second-order valence-corrected chi connectivity index (χ2v) is 7.21. The van der Waals surface area contributed by atoms with Crippen molar-refractivity contribution >= 4 is 29.0 Å². The van der Waals surface area contributed by atoms with Gasteiger partial charge in [0, 0.05) is 18.7 Å². The van der Waals surface area contributed by atoms with Crippen LogP contribution < -0.4 is 10.2 Å². The fraction of sp³-hybridized carbons (Fsp3) is 0.227. The summed E-state index contributed by atoms with van der Waals surface area (Å²) in [5.41, 5.74) is 2.03. The smallest absolute Gasteiger partial charge is 0.274 e. The first-order valence-corrected chi connectivity index (χ1v) is 9.54. The van der Waals surface area contributed by atoms with Crippen molar-refractivity contribution in [2.24, 2.45) is 0 Å². The Morgan fingerprint density at radius 1 is 1.07 bits per heavy atom. The maximum atomic E-state index is 12.7. The molecule has 0 fully saturated rings. The highest BCUT2D eigenvalue weighted by Crippen LogP contribution is 2.23. The lowest BCUT2D eigenvalue weighted by Gasteiger charge is -2.28. The Balaban J connectivity index is 1.88. The van der Waals surface area contributed by atoms with Crippen molar-refractivity contribution in [1.29, 1.82) is 0 Å². The zero-order valence-electron chi connectivity index (χ0n) is 16.2. The molecule has 0 aliphatic rings. The average Bonchev–Trinajstić information content (AvgIpc) is 2.68. The van der Waals surface area contributed by atoms with Crippen molar-refractivity contribution in [2.45, 2.75) is 33.4 Å². The number of nitrogens with one attached hydrogen (secondary N) is 1. The second kappa shape index (κ2) is 8.85. The van der Waals surface area contributed by atoms with E-state index in [2.05, 4.69) is 46.2 Å². The van der Waals surface area contributed by atoms with Gasteiger partial charge in [-0.25, -0.2) is 9.97 Å². The van der Waals surface area contributed by atoms with Crippen LogP contribution in [-0.2, 0) is 6.54 Å². The molecule has 1 N–H and O–H groups in total. The van der Waals surface area contributed by atoms with Gasteiger partial charge in [0.2, 0.25) is 0 Å². The van der Waals surface area contributed by atoms with Gasteiger partial charge in [-0.05, 0) is 38.5 Å². The third-order valence-corrected chi connectivity index (χ3v) is 4.62. The molecular formula is C22H23ClN4O. The molecule has 1 amide bonds. The van der Waals surface area contributed by atoms with E-state index in [1.165, 1.54) is 5.56 Å². The summed E-state index contributed by atoms with van der Waals surface area (Å²) in [4.78, 5) is 23.8. The lowest BCUT2D eigenvalue weighted by Crippen LogP contribution is -2.31. The van der Waals surface area contributed by atoms with Gasteiger partial charge in [0.15, 0.2) is 0 Å². The largest absolute Gasteiger partial charge is 0.350 e. The maximum Gasteiger partial charge on any atom is 0.274 e. The molecule has 1 heterocycles. The molecule has 3 rings (SSSR count). The van der Waals surface area contributed by atoms with E-state index in [0.29, 0.717) is 28.8 Å². The lowest BCUT2D eigenvalue weighted by molar-refractivity contribution is 0.102. The number of hydrogen-bond donors (Lipinski definition) is 1. The number of carbonyl (C=O) groups is 1. The topological polar surface area (TPSA) is 58.1 Å². The quantitative estimate of drug-likeness (QED) is 0.631. The van der Waals surface area contributed by atoms with Gasteiger partial charge in [0.1, 0.15) is 17.3 Å². The average molecular weight is 395 g/mol. The molecule has 0 aliphatic carbocycles. The summed E-state index contributed by atoms with van der Waals surface area (Å²) >= 11 is 6.14. The van der Waals surface area contributed by atoms with Gasteiger partial charge < -0.3 is 10.2 Å². The minimum absolute atomic E-state index is 0.203. The number of aromatic nitrogens is 2. The Morgan fingerprint density at radius 2 is 1.75 bits per heavy atom. The molecule has 6 heteroatoms. The molecule has 0 bridgehead atoms. The van der Waals surface area contributed by atoms with Crippen molar-refractivity contribution < 1.29 is 4.79 Å². The van der Waals surface area contributed by atoms with E-state index in [0.717, 1.165) is 5.82 Å². The highest BCUT2D eigenvalue weighted by molar-refractivity contribution is 6.33. The van der Waals surface area contributed by atoms with Crippen LogP contribution in [0.1, 0.15) is 35.7 Å². The lowest BCUT2D eigenvalue weighted by atomic mass is 10.2. The predicted molar refractivity (Wildman–Crippen MR) is 114 cm³/mol. The molecule has 0 spiro atoms. The summed E-state index contributed by atoms with van der Waals surface area (Å²) in [5, 5.41) is 3.30. The van der Waals surface area contributed by atoms with Crippen molar-refractivity contribution in [1.82, 2.24) is 9.97 Å². The molecule has 0 radical (unpaired) electrons. The van der Waals surface area contributed by atoms with Gasteiger partial charge in [0.05, 0.1) is 10.7 Å². The van der Waals surface area contributed by atoms with Gasteiger partial charge >= 0.3 is 0 Å². The van der Waals surface area contributed by atoms with Gasteiger partial charge in [-0.15, -0.1) is 0 Å². The van der Waals surface area contributed by atoms with E-state index in [-0.39, 0.29) is 11.9 Å². The van der Waals surface area contributed by atoms with Crippen LogP contribution in [0.3, 0.4) is 0 Å². The molecule has 0 saturated heterocycles. The standard InChI is InChI=1S/C22H23ClN4O/c1-15(2)27(14-17-9-5-4-6-10-17)21-13-20(24-16(3)25-21)22(28)26-19-12-8-7-11-18(19)23/h4-13,15H,14H2,1-3H3,(H,26,28). The van der Waals surface area contributed by atoms with Crippen LogP contribution >= 0.6 is 11.6 Å². The van der Waals surface area contributed by atoms with Crippen LogP contribution in [-0.4, -0.2) is 21.9 Å². The van der Waals surface area contributed by atoms with Gasteiger partial charge in [-0.3, -0.25) is 4.79 Å². The van der Waals surface area contributed by atoms with E-state index in [9.17, 15) is 4.79 Å². The first-order chi connectivity index (χ1) is 13.4. The molecule has 144 valence electrons. The first-order valence-electron chi connectivity index (χ1n) is 9.16. The molecule has 0 atom stereocenters. The maximum absolute atomic E-state index is 12.7. The molecular weight excluding hydrogens is 372 g/mol. The molecule has 5 nitrogen and oxygen atoms in total. The zero-order valence-corrected chi connectivity index (χ0v) is 16.9. The number of carbonyl (C=O) groups excluding carboxylic acids is 1. The fourth-order valence-electron chi connectivity index (χ4n) is 2.87. The van der Waals surface area contributed by atoms with Crippen molar-refractivity contribution in [3.05, 3.63) is 82.8 Å². The Kier molecular flexibility index (Phi) is 6.26. The number of nitrogens with zero attached hydrogens (tertiary/aromatic N) is 3. The molecule has 3 aromatic rings. The van der Waals surface area contributed by atoms with Crippen LogP contribution in [0.4, 0.5) is 11.5 Å². The third-order valence-electron chi connectivity index (χ3n) is 4.29. The van der Waals surface area contributed by atoms with Gasteiger partial charge in [0.25, 0.3) is 5.91 Å². The van der Waals surface area contributed by atoms with E-state index in [4.69, 9.17) is 11.6 Å². The SMILES string of the molecule is Cc1nc(C(=O)Nc2ccccc2Cl)cc(N(Cc2ccccc2)C(C)C)n1. The molecule has 0 aliphatic heterocycles. The van der Waals surface area contributed by atoms with Crippen molar-refractivity contribution in [3.8, 4) is 0 Å². The number of aryl methyl sites for hydroxylation is 1. The number of amides is 1. The molecule has 0 unspecified atom stereocenters. The number of rotatable bonds is 6. The summed E-state index contributed by atoms with van der Waals surface area (Å²) in [7, 11) is 0. The number of para-hydroxylation sites is 1. The third kappa shape index (κ3) is 4.87. The van der Waals surface area contributed by atoms with Crippen molar-refractivity contribution in [2.75, 3.05) is 10.2 Å².